The highest BCUT2D eigenvalue weighted by molar-refractivity contribution is 6.33. The Balaban J connectivity index is 1.66. The topological polar surface area (TPSA) is 29.9 Å². The lowest BCUT2D eigenvalue weighted by atomic mass is 10.2. The fraction of sp³-hybridized carbons (Fsp3) is 0.0385. The van der Waals surface area contributed by atoms with Crippen molar-refractivity contribution >= 4 is 39.9 Å². The highest BCUT2D eigenvalue weighted by atomic mass is 35.5. The zero-order valence-corrected chi connectivity index (χ0v) is 18.1. The molecule has 0 aliphatic carbocycles. The summed E-state index contributed by atoms with van der Waals surface area (Å²) in [5.74, 6) is 0.804. The zero-order valence-electron chi connectivity index (χ0n) is 16.6. The number of nitrogens with zero attached hydrogens (tertiary/aromatic N) is 2. The molecule has 5 rings (SSSR count). The van der Waals surface area contributed by atoms with Crippen LogP contribution in [-0.2, 0) is 6.54 Å². The van der Waals surface area contributed by atoms with Gasteiger partial charge in [0.1, 0.15) is 5.82 Å². The van der Waals surface area contributed by atoms with E-state index in [4.69, 9.17) is 28.2 Å². The van der Waals surface area contributed by atoms with Gasteiger partial charge in [-0.15, -0.1) is 0 Å². The third-order valence-electron chi connectivity index (χ3n) is 5.25. The minimum absolute atomic E-state index is 0.616. The number of para-hydroxylation sites is 4. The number of hydrogen-bond donors (Lipinski definition) is 1. The minimum atomic E-state index is 0.616. The summed E-state index contributed by atoms with van der Waals surface area (Å²) >= 11 is 12.9. The first-order chi connectivity index (χ1) is 15.2. The first-order valence-corrected chi connectivity index (χ1v) is 10.8. The van der Waals surface area contributed by atoms with E-state index < -0.39 is 0 Å². The molecule has 1 N–H and O–H groups in total. The lowest BCUT2D eigenvalue weighted by Crippen LogP contribution is -2.06. The number of nitrogens with one attached hydrogen (secondary N) is 1. The summed E-state index contributed by atoms with van der Waals surface area (Å²) in [6.45, 7) is 0.616. The summed E-state index contributed by atoms with van der Waals surface area (Å²) < 4.78 is 2.16. The first kappa shape index (κ1) is 19.7. The zero-order chi connectivity index (χ0) is 21.2. The van der Waals surface area contributed by atoms with Crippen molar-refractivity contribution in [1.29, 1.82) is 0 Å². The van der Waals surface area contributed by atoms with Crippen LogP contribution in [0.15, 0.2) is 97.1 Å². The van der Waals surface area contributed by atoms with Gasteiger partial charge in [0.15, 0.2) is 0 Å². The van der Waals surface area contributed by atoms with E-state index in [1.807, 2.05) is 78.9 Å². The summed E-state index contributed by atoms with van der Waals surface area (Å²) in [6.07, 6.45) is 0. The average Bonchev–Trinajstić information content (AvgIpc) is 3.18. The summed E-state index contributed by atoms with van der Waals surface area (Å²) in [5.41, 5.74) is 5.85. The largest absolute Gasteiger partial charge is 0.379 e. The Morgan fingerprint density at radius 2 is 1.39 bits per heavy atom. The van der Waals surface area contributed by atoms with Crippen LogP contribution >= 0.6 is 23.2 Å². The first-order valence-electron chi connectivity index (χ1n) is 10.0. The lowest BCUT2D eigenvalue weighted by Gasteiger charge is -2.16. The quantitative estimate of drug-likeness (QED) is 0.302. The Kier molecular flexibility index (Phi) is 5.37. The van der Waals surface area contributed by atoms with E-state index in [1.165, 1.54) is 0 Å². The van der Waals surface area contributed by atoms with Gasteiger partial charge >= 0.3 is 0 Å². The maximum absolute atomic E-state index is 6.56. The van der Waals surface area contributed by atoms with Crippen LogP contribution in [0.1, 0.15) is 5.56 Å². The molecule has 1 heterocycles. The van der Waals surface area contributed by atoms with Gasteiger partial charge in [-0.05, 0) is 48.0 Å². The number of halogens is 2. The van der Waals surface area contributed by atoms with Crippen LogP contribution in [0.3, 0.4) is 0 Å². The van der Waals surface area contributed by atoms with E-state index in [9.17, 15) is 0 Å². The SMILES string of the molecule is Clc1ccccc1CNc1ccccc1-n1c(-c2ccccc2Cl)nc2ccccc21. The molecular weight excluding hydrogens is 425 g/mol. The van der Waals surface area contributed by atoms with E-state index in [0.717, 1.165) is 44.4 Å². The normalized spacial score (nSPS) is 11.0. The summed E-state index contributed by atoms with van der Waals surface area (Å²) in [5, 5.41) is 4.97. The van der Waals surface area contributed by atoms with Gasteiger partial charge in [0.25, 0.3) is 0 Å². The maximum atomic E-state index is 6.56. The van der Waals surface area contributed by atoms with Crippen molar-refractivity contribution in [2.45, 2.75) is 6.54 Å². The van der Waals surface area contributed by atoms with Gasteiger partial charge in [-0.2, -0.15) is 0 Å². The molecule has 31 heavy (non-hydrogen) atoms. The maximum Gasteiger partial charge on any atom is 0.147 e. The molecule has 0 atom stereocenters. The highest BCUT2D eigenvalue weighted by Gasteiger charge is 2.18. The van der Waals surface area contributed by atoms with Crippen LogP contribution < -0.4 is 5.32 Å². The van der Waals surface area contributed by atoms with E-state index in [0.29, 0.717) is 11.6 Å². The predicted octanol–water partition coefficient (Wildman–Crippen LogP) is 7.61. The molecular formula is C26H19Cl2N3. The molecule has 152 valence electrons. The van der Waals surface area contributed by atoms with Gasteiger partial charge in [-0.1, -0.05) is 77.8 Å². The molecule has 0 radical (unpaired) electrons. The van der Waals surface area contributed by atoms with Crippen LogP contribution in [0.5, 0.6) is 0 Å². The van der Waals surface area contributed by atoms with Crippen LogP contribution in [0.25, 0.3) is 28.1 Å². The number of imidazole rings is 1. The third-order valence-corrected chi connectivity index (χ3v) is 5.95. The van der Waals surface area contributed by atoms with Crippen LogP contribution in [0.2, 0.25) is 10.0 Å². The van der Waals surface area contributed by atoms with Gasteiger partial charge in [-0.25, -0.2) is 4.98 Å². The Morgan fingerprint density at radius 1 is 0.710 bits per heavy atom. The van der Waals surface area contributed by atoms with Crippen molar-refractivity contribution in [3.05, 3.63) is 113 Å². The molecule has 3 nitrogen and oxygen atoms in total. The van der Waals surface area contributed by atoms with E-state index in [2.05, 4.69) is 28.1 Å². The van der Waals surface area contributed by atoms with Crippen molar-refractivity contribution in [3.63, 3.8) is 0 Å². The second-order valence-corrected chi connectivity index (χ2v) is 8.02. The number of fused-ring (bicyclic) bond motifs is 1. The molecule has 0 unspecified atom stereocenters. The van der Waals surface area contributed by atoms with E-state index >= 15 is 0 Å². The molecule has 5 heteroatoms. The predicted molar refractivity (Wildman–Crippen MR) is 130 cm³/mol. The fourth-order valence-electron chi connectivity index (χ4n) is 3.74. The number of hydrogen-bond acceptors (Lipinski definition) is 2. The number of anilines is 1. The monoisotopic (exact) mass is 443 g/mol. The van der Waals surface area contributed by atoms with Crippen molar-refractivity contribution < 1.29 is 0 Å². The molecule has 0 spiro atoms. The van der Waals surface area contributed by atoms with Crippen molar-refractivity contribution in [1.82, 2.24) is 9.55 Å². The van der Waals surface area contributed by atoms with Crippen LogP contribution in [0, 0.1) is 0 Å². The standard InChI is InChI=1S/C26H19Cl2N3/c27-20-11-3-1-9-18(20)17-29-22-13-5-7-15-24(22)31-25-16-8-6-14-23(25)30-26(31)19-10-2-4-12-21(19)28/h1-16,29H,17H2. The number of benzene rings is 4. The van der Waals surface area contributed by atoms with Crippen LogP contribution in [0.4, 0.5) is 5.69 Å². The van der Waals surface area contributed by atoms with Crippen LogP contribution in [-0.4, -0.2) is 9.55 Å². The molecule has 4 aromatic carbocycles. The van der Waals surface area contributed by atoms with E-state index in [-0.39, 0.29) is 0 Å². The second-order valence-electron chi connectivity index (χ2n) is 7.20. The molecule has 0 saturated carbocycles. The van der Waals surface area contributed by atoms with E-state index in [1.54, 1.807) is 0 Å². The highest BCUT2D eigenvalue weighted by Crippen LogP contribution is 2.35. The number of aromatic nitrogens is 2. The van der Waals surface area contributed by atoms with Gasteiger partial charge in [-0.3, -0.25) is 4.57 Å². The Labute approximate surface area is 190 Å². The fourth-order valence-corrected chi connectivity index (χ4v) is 4.17. The molecule has 5 aromatic rings. The molecule has 0 fully saturated rings. The summed E-state index contributed by atoms with van der Waals surface area (Å²) in [4.78, 5) is 4.92. The Hall–Kier alpha value is -3.27. The molecule has 1 aromatic heterocycles. The van der Waals surface area contributed by atoms with Crippen molar-refractivity contribution in [2.75, 3.05) is 5.32 Å². The molecule has 0 aliphatic heterocycles. The smallest absolute Gasteiger partial charge is 0.147 e. The second kappa shape index (κ2) is 8.46. The molecule has 0 amide bonds. The summed E-state index contributed by atoms with van der Waals surface area (Å²) in [6, 6.07) is 32.0. The average molecular weight is 444 g/mol. The Morgan fingerprint density at radius 3 is 2.23 bits per heavy atom. The van der Waals surface area contributed by atoms with Crippen molar-refractivity contribution in [2.24, 2.45) is 0 Å². The van der Waals surface area contributed by atoms with Crippen molar-refractivity contribution in [3.8, 4) is 17.1 Å². The third kappa shape index (κ3) is 3.78. The van der Waals surface area contributed by atoms with Gasteiger partial charge in [0.05, 0.1) is 27.4 Å². The van der Waals surface area contributed by atoms with Gasteiger partial charge < -0.3 is 5.32 Å². The summed E-state index contributed by atoms with van der Waals surface area (Å²) in [7, 11) is 0. The minimum Gasteiger partial charge on any atom is -0.379 e. The number of rotatable bonds is 5. The van der Waals surface area contributed by atoms with Gasteiger partial charge in [0, 0.05) is 17.1 Å². The molecule has 0 aliphatic rings. The van der Waals surface area contributed by atoms with Gasteiger partial charge in [0.2, 0.25) is 0 Å². The Bertz CT molecular complexity index is 1370. The lowest BCUT2D eigenvalue weighted by molar-refractivity contribution is 1.08. The molecule has 0 bridgehead atoms. The molecule has 0 saturated heterocycles.